The molecule has 1 aliphatic rings. The van der Waals surface area contributed by atoms with Gasteiger partial charge >= 0.3 is 5.97 Å². The van der Waals surface area contributed by atoms with Crippen LogP contribution in [0.3, 0.4) is 0 Å². The lowest BCUT2D eigenvalue weighted by Crippen LogP contribution is -2.43. The zero-order valence-electron chi connectivity index (χ0n) is 11.2. The molecule has 2 rings (SSSR count). The maximum atomic E-state index is 12.0. The number of nitrogens with zero attached hydrogens (tertiary/aromatic N) is 2. The Morgan fingerprint density at radius 3 is 2.95 bits per heavy atom. The van der Waals surface area contributed by atoms with E-state index in [9.17, 15) is 14.7 Å². The summed E-state index contributed by atoms with van der Waals surface area (Å²) in [4.78, 5) is 24.8. The van der Waals surface area contributed by atoms with Gasteiger partial charge in [0, 0.05) is 19.0 Å². The van der Waals surface area contributed by atoms with Crippen LogP contribution in [0.25, 0.3) is 0 Å². The number of hydrogen-bond acceptors (Lipinski definition) is 7. The number of carbonyl (C=O) groups is 2. The summed E-state index contributed by atoms with van der Waals surface area (Å²) in [6, 6.07) is 0.773. The minimum absolute atomic E-state index is 0.0831. The molecular weight excluding hydrogens is 268 g/mol. The zero-order chi connectivity index (χ0) is 14.7. The Labute approximate surface area is 115 Å². The van der Waals surface area contributed by atoms with Crippen molar-refractivity contribution in [2.45, 2.75) is 25.5 Å². The van der Waals surface area contributed by atoms with Gasteiger partial charge in [-0.25, -0.2) is 4.79 Å². The van der Waals surface area contributed by atoms with Gasteiger partial charge in [-0.3, -0.25) is 4.79 Å². The van der Waals surface area contributed by atoms with E-state index >= 15 is 0 Å². The molecular formula is C12H16N2O6. The third-order valence-corrected chi connectivity index (χ3v) is 3.02. The fourth-order valence-electron chi connectivity index (χ4n) is 2.08. The average Bonchev–Trinajstić information content (AvgIpc) is 3.01. The number of carbonyl (C=O) groups excluding carboxylic acids is 2. The fourth-order valence-corrected chi connectivity index (χ4v) is 2.08. The van der Waals surface area contributed by atoms with Crippen LogP contribution in [0, 0.1) is 6.92 Å². The van der Waals surface area contributed by atoms with Crippen LogP contribution in [-0.4, -0.2) is 59.4 Å². The predicted octanol–water partition coefficient (Wildman–Crippen LogP) is -0.503. The Balaban J connectivity index is 1.95. The molecule has 0 bridgehead atoms. The van der Waals surface area contributed by atoms with Crippen LogP contribution in [-0.2, 0) is 14.3 Å². The van der Waals surface area contributed by atoms with Crippen molar-refractivity contribution in [1.82, 2.24) is 10.1 Å². The van der Waals surface area contributed by atoms with E-state index < -0.39 is 24.0 Å². The number of aliphatic hydroxyl groups excluding tert-OH is 1. The van der Waals surface area contributed by atoms with Gasteiger partial charge in [-0.2, -0.15) is 0 Å². The van der Waals surface area contributed by atoms with Crippen LogP contribution in [0.5, 0.6) is 5.88 Å². The standard InChI is InChI=1S/C12H16N2O6/c1-7-3-10(13-20-7)19-6-11(16)14-5-8(15)4-9(14)12(17)18-2/h3,8-9,15H,4-6H2,1-2H3. The highest BCUT2D eigenvalue weighted by atomic mass is 16.5. The van der Waals surface area contributed by atoms with Gasteiger partial charge in [0.25, 0.3) is 11.8 Å². The molecule has 8 heteroatoms. The Morgan fingerprint density at radius 2 is 2.35 bits per heavy atom. The minimum atomic E-state index is -0.773. The van der Waals surface area contributed by atoms with Gasteiger partial charge in [-0.15, -0.1) is 0 Å². The monoisotopic (exact) mass is 284 g/mol. The largest absolute Gasteiger partial charge is 0.467 e. The number of aryl methyl sites for hydroxylation is 1. The summed E-state index contributed by atoms with van der Waals surface area (Å²) in [7, 11) is 1.24. The van der Waals surface area contributed by atoms with E-state index in [1.165, 1.54) is 12.0 Å². The lowest BCUT2D eigenvalue weighted by Gasteiger charge is -2.21. The van der Waals surface area contributed by atoms with Gasteiger partial charge in [0.2, 0.25) is 0 Å². The highest BCUT2D eigenvalue weighted by Crippen LogP contribution is 2.19. The molecule has 1 aromatic heterocycles. The molecule has 20 heavy (non-hydrogen) atoms. The third kappa shape index (κ3) is 3.08. The lowest BCUT2D eigenvalue weighted by molar-refractivity contribution is -0.151. The molecule has 8 nitrogen and oxygen atoms in total. The number of ether oxygens (including phenoxy) is 2. The molecule has 0 spiro atoms. The summed E-state index contributed by atoms with van der Waals surface area (Å²) in [5.41, 5.74) is 0. The maximum Gasteiger partial charge on any atom is 0.328 e. The van der Waals surface area contributed by atoms with Gasteiger partial charge in [0.1, 0.15) is 11.8 Å². The van der Waals surface area contributed by atoms with Crippen molar-refractivity contribution < 1.29 is 28.7 Å². The first kappa shape index (κ1) is 14.3. The van der Waals surface area contributed by atoms with E-state index in [0.717, 1.165) is 0 Å². The Hall–Kier alpha value is -2.09. The quantitative estimate of drug-likeness (QED) is 0.743. The van der Waals surface area contributed by atoms with Gasteiger partial charge in [-0.05, 0) is 12.1 Å². The van der Waals surface area contributed by atoms with E-state index in [-0.39, 0.29) is 25.5 Å². The molecule has 1 aliphatic heterocycles. The van der Waals surface area contributed by atoms with Crippen molar-refractivity contribution >= 4 is 11.9 Å². The Bertz CT molecular complexity index is 500. The molecule has 2 atom stereocenters. The summed E-state index contributed by atoms with van der Waals surface area (Å²) >= 11 is 0. The Morgan fingerprint density at radius 1 is 1.60 bits per heavy atom. The van der Waals surface area contributed by atoms with Crippen molar-refractivity contribution in [2.75, 3.05) is 20.3 Å². The summed E-state index contributed by atoms with van der Waals surface area (Å²) in [6.07, 6.45) is -0.570. The molecule has 2 heterocycles. The number of aromatic nitrogens is 1. The minimum Gasteiger partial charge on any atom is -0.467 e. The maximum absolute atomic E-state index is 12.0. The number of β-amino-alcohol motifs (C(OH)–C–C–N with tert-alkyl or cyclic N) is 1. The van der Waals surface area contributed by atoms with E-state index in [0.29, 0.717) is 5.76 Å². The number of aliphatic hydroxyl groups is 1. The van der Waals surface area contributed by atoms with Crippen LogP contribution in [0.1, 0.15) is 12.2 Å². The highest BCUT2D eigenvalue weighted by molar-refractivity contribution is 5.86. The van der Waals surface area contributed by atoms with Gasteiger partial charge < -0.3 is 24.0 Å². The molecule has 0 saturated carbocycles. The summed E-state index contributed by atoms with van der Waals surface area (Å²) in [5.74, 6) is -0.202. The number of rotatable bonds is 4. The number of likely N-dealkylation sites (tertiary alicyclic amines) is 1. The molecule has 0 aliphatic carbocycles. The fraction of sp³-hybridized carbons (Fsp3) is 0.583. The first-order valence-electron chi connectivity index (χ1n) is 6.12. The zero-order valence-corrected chi connectivity index (χ0v) is 11.2. The molecule has 1 saturated heterocycles. The molecule has 0 aromatic carbocycles. The van der Waals surface area contributed by atoms with Crippen LogP contribution < -0.4 is 4.74 Å². The SMILES string of the molecule is COC(=O)C1CC(O)CN1C(=O)COc1cc(C)on1. The van der Waals surface area contributed by atoms with Crippen LogP contribution in [0.4, 0.5) is 0 Å². The predicted molar refractivity (Wildman–Crippen MR) is 64.9 cm³/mol. The summed E-state index contributed by atoms with van der Waals surface area (Å²) in [6.45, 7) is 1.50. The van der Waals surface area contributed by atoms with Crippen molar-refractivity contribution in [1.29, 1.82) is 0 Å². The second-order valence-electron chi connectivity index (χ2n) is 4.54. The van der Waals surface area contributed by atoms with Gasteiger partial charge in [-0.1, -0.05) is 0 Å². The molecule has 1 amide bonds. The molecule has 110 valence electrons. The molecule has 1 fully saturated rings. The first-order valence-corrected chi connectivity index (χ1v) is 6.12. The molecule has 1 aromatic rings. The van der Waals surface area contributed by atoms with Gasteiger partial charge in [0.05, 0.1) is 13.2 Å². The number of amides is 1. The summed E-state index contributed by atoms with van der Waals surface area (Å²) < 4.78 is 14.6. The second-order valence-corrected chi connectivity index (χ2v) is 4.54. The van der Waals surface area contributed by atoms with E-state index in [1.807, 2.05) is 0 Å². The molecule has 1 N–H and O–H groups in total. The van der Waals surface area contributed by atoms with E-state index in [4.69, 9.17) is 9.26 Å². The average molecular weight is 284 g/mol. The number of hydrogen-bond donors (Lipinski definition) is 1. The normalized spacial score (nSPS) is 21.9. The third-order valence-electron chi connectivity index (χ3n) is 3.02. The number of esters is 1. The number of methoxy groups -OCH3 is 1. The molecule has 0 radical (unpaired) electrons. The van der Waals surface area contributed by atoms with Crippen LogP contribution in [0.2, 0.25) is 0 Å². The molecule has 2 unspecified atom stereocenters. The van der Waals surface area contributed by atoms with Crippen molar-refractivity contribution in [3.05, 3.63) is 11.8 Å². The highest BCUT2D eigenvalue weighted by Gasteiger charge is 2.39. The lowest BCUT2D eigenvalue weighted by atomic mass is 10.2. The van der Waals surface area contributed by atoms with Gasteiger partial charge in [0.15, 0.2) is 6.61 Å². The first-order chi connectivity index (χ1) is 9.51. The topological polar surface area (TPSA) is 102 Å². The van der Waals surface area contributed by atoms with Crippen LogP contribution >= 0.6 is 0 Å². The van der Waals surface area contributed by atoms with Crippen molar-refractivity contribution in [3.63, 3.8) is 0 Å². The van der Waals surface area contributed by atoms with E-state index in [1.54, 1.807) is 13.0 Å². The van der Waals surface area contributed by atoms with Crippen LogP contribution in [0.15, 0.2) is 10.6 Å². The Kier molecular flexibility index (Phi) is 4.23. The summed E-state index contributed by atoms with van der Waals surface area (Å²) in [5, 5.41) is 13.2. The second kappa shape index (κ2) is 5.91. The van der Waals surface area contributed by atoms with Crippen molar-refractivity contribution in [2.24, 2.45) is 0 Å². The smallest absolute Gasteiger partial charge is 0.328 e. The van der Waals surface area contributed by atoms with E-state index in [2.05, 4.69) is 9.89 Å². The van der Waals surface area contributed by atoms with Crippen molar-refractivity contribution in [3.8, 4) is 5.88 Å².